The number of likely N-dealkylation sites (tertiary alicyclic amines) is 1. The normalized spacial score (nSPS) is 25.5. The molecule has 4 nitrogen and oxygen atoms in total. The van der Waals surface area contributed by atoms with Gasteiger partial charge in [0.2, 0.25) is 0 Å². The summed E-state index contributed by atoms with van der Waals surface area (Å²) in [5.41, 5.74) is 1.10. The highest BCUT2D eigenvalue weighted by atomic mass is 16.3. The van der Waals surface area contributed by atoms with E-state index in [0.717, 1.165) is 31.0 Å². The molecule has 0 aromatic heterocycles. The van der Waals surface area contributed by atoms with Gasteiger partial charge in [0.05, 0.1) is 0 Å². The zero-order chi connectivity index (χ0) is 15.6. The fourth-order valence-corrected chi connectivity index (χ4v) is 3.22. The van der Waals surface area contributed by atoms with Crippen LogP contribution in [-0.2, 0) is 11.3 Å². The lowest BCUT2D eigenvalue weighted by atomic mass is 9.91. The van der Waals surface area contributed by atoms with E-state index in [0.29, 0.717) is 19.5 Å². The Kier molecular flexibility index (Phi) is 4.50. The number of aliphatic hydroxyl groups is 1. The van der Waals surface area contributed by atoms with Gasteiger partial charge in [-0.05, 0) is 50.6 Å². The molecule has 1 aromatic carbocycles. The van der Waals surface area contributed by atoms with E-state index in [2.05, 4.69) is 24.4 Å². The van der Waals surface area contributed by atoms with E-state index < -0.39 is 5.60 Å². The van der Waals surface area contributed by atoms with Crippen LogP contribution in [0, 0.1) is 12.8 Å². The molecule has 0 bridgehead atoms. The number of nitrogens with zero attached hydrogens (tertiary/aromatic N) is 1. The van der Waals surface area contributed by atoms with Crippen molar-refractivity contribution < 1.29 is 9.90 Å². The SMILES string of the molecule is Cc1cccc(CN2CCC[C@@](O)(CNCC3CC3)C2=O)c1. The summed E-state index contributed by atoms with van der Waals surface area (Å²) in [6.07, 6.45) is 3.98. The van der Waals surface area contributed by atoms with Crippen molar-refractivity contribution in [1.82, 2.24) is 10.2 Å². The van der Waals surface area contributed by atoms with E-state index in [1.165, 1.54) is 18.4 Å². The second-order valence-corrected chi connectivity index (χ2v) is 6.93. The Morgan fingerprint density at radius 2 is 2.23 bits per heavy atom. The van der Waals surface area contributed by atoms with Crippen molar-refractivity contribution >= 4 is 5.91 Å². The lowest BCUT2D eigenvalue weighted by Crippen LogP contribution is -2.57. The van der Waals surface area contributed by atoms with E-state index in [-0.39, 0.29) is 5.91 Å². The third-order valence-electron chi connectivity index (χ3n) is 4.71. The summed E-state index contributed by atoms with van der Waals surface area (Å²) in [7, 11) is 0. The van der Waals surface area contributed by atoms with Crippen LogP contribution in [0.15, 0.2) is 24.3 Å². The molecule has 1 saturated carbocycles. The maximum Gasteiger partial charge on any atom is 0.256 e. The Labute approximate surface area is 132 Å². The van der Waals surface area contributed by atoms with E-state index in [9.17, 15) is 9.90 Å². The Balaban J connectivity index is 1.60. The van der Waals surface area contributed by atoms with Gasteiger partial charge in [0, 0.05) is 19.6 Å². The summed E-state index contributed by atoms with van der Waals surface area (Å²) < 4.78 is 0. The van der Waals surface area contributed by atoms with Gasteiger partial charge in [0.1, 0.15) is 0 Å². The third kappa shape index (κ3) is 3.68. The molecule has 1 amide bonds. The van der Waals surface area contributed by atoms with Gasteiger partial charge in [-0.3, -0.25) is 4.79 Å². The molecule has 3 rings (SSSR count). The molecule has 1 atom stereocenters. The summed E-state index contributed by atoms with van der Waals surface area (Å²) in [4.78, 5) is 14.5. The van der Waals surface area contributed by atoms with Gasteiger partial charge in [0.25, 0.3) is 5.91 Å². The molecule has 0 spiro atoms. The van der Waals surface area contributed by atoms with Crippen molar-refractivity contribution in [2.45, 2.75) is 44.8 Å². The first-order chi connectivity index (χ1) is 10.6. The average molecular weight is 302 g/mol. The first kappa shape index (κ1) is 15.5. The molecule has 2 N–H and O–H groups in total. The first-order valence-electron chi connectivity index (χ1n) is 8.35. The van der Waals surface area contributed by atoms with Gasteiger partial charge in [-0.25, -0.2) is 0 Å². The number of nitrogens with one attached hydrogen (secondary N) is 1. The van der Waals surface area contributed by atoms with E-state index in [4.69, 9.17) is 0 Å². The number of rotatable bonds is 6. The molecular weight excluding hydrogens is 276 g/mol. The highest BCUT2D eigenvalue weighted by molar-refractivity contribution is 5.86. The van der Waals surface area contributed by atoms with Crippen LogP contribution in [0.25, 0.3) is 0 Å². The second-order valence-electron chi connectivity index (χ2n) is 6.93. The summed E-state index contributed by atoms with van der Waals surface area (Å²) in [5.74, 6) is 0.634. The van der Waals surface area contributed by atoms with Gasteiger partial charge in [0.15, 0.2) is 5.60 Å². The van der Waals surface area contributed by atoms with Crippen molar-refractivity contribution in [2.24, 2.45) is 5.92 Å². The van der Waals surface area contributed by atoms with Gasteiger partial charge < -0.3 is 15.3 Å². The zero-order valence-corrected chi connectivity index (χ0v) is 13.3. The maximum atomic E-state index is 12.7. The Morgan fingerprint density at radius 1 is 1.41 bits per heavy atom. The van der Waals surface area contributed by atoms with Crippen molar-refractivity contribution in [1.29, 1.82) is 0 Å². The molecule has 0 unspecified atom stereocenters. The third-order valence-corrected chi connectivity index (χ3v) is 4.71. The number of carbonyl (C=O) groups excluding carboxylic acids is 1. The van der Waals surface area contributed by atoms with Gasteiger partial charge in [-0.1, -0.05) is 29.8 Å². The van der Waals surface area contributed by atoms with Crippen LogP contribution in [0.3, 0.4) is 0 Å². The summed E-state index contributed by atoms with van der Waals surface area (Å²) in [5, 5.41) is 14.0. The minimum atomic E-state index is -1.23. The van der Waals surface area contributed by atoms with Gasteiger partial charge in [-0.2, -0.15) is 0 Å². The van der Waals surface area contributed by atoms with E-state index in [1.807, 2.05) is 12.1 Å². The number of amides is 1. The summed E-state index contributed by atoms with van der Waals surface area (Å²) >= 11 is 0. The molecular formula is C18H26N2O2. The Hall–Kier alpha value is -1.39. The molecule has 1 aliphatic carbocycles. The number of benzene rings is 1. The quantitative estimate of drug-likeness (QED) is 0.843. The standard InChI is InChI=1S/C18H26N2O2/c1-14-4-2-5-16(10-14)12-20-9-3-8-18(22,17(20)21)13-19-11-15-6-7-15/h2,4-5,10,15,19,22H,3,6-9,11-13H2,1H3/t18-/m1/s1. The summed E-state index contributed by atoms with van der Waals surface area (Å²) in [6, 6.07) is 8.22. The first-order valence-corrected chi connectivity index (χ1v) is 8.35. The minimum absolute atomic E-state index is 0.122. The molecule has 22 heavy (non-hydrogen) atoms. The molecule has 1 aromatic rings. The predicted octanol–water partition coefficient (Wildman–Crippen LogP) is 1.85. The van der Waals surface area contributed by atoms with Crippen LogP contribution in [0.4, 0.5) is 0 Å². The minimum Gasteiger partial charge on any atom is -0.379 e. The van der Waals surface area contributed by atoms with E-state index >= 15 is 0 Å². The number of carbonyl (C=O) groups is 1. The highest BCUT2D eigenvalue weighted by Gasteiger charge is 2.42. The smallest absolute Gasteiger partial charge is 0.256 e. The second kappa shape index (κ2) is 6.39. The molecule has 1 heterocycles. The molecule has 1 aliphatic heterocycles. The molecule has 2 aliphatic rings. The number of hydrogen-bond donors (Lipinski definition) is 2. The summed E-state index contributed by atoms with van der Waals surface area (Å²) in [6.45, 7) is 4.68. The molecule has 0 radical (unpaired) electrons. The lowest BCUT2D eigenvalue weighted by Gasteiger charge is -2.38. The zero-order valence-electron chi connectivity index (χ0n) is 13.3. The Morgan fingerprint density at radius 3 is 2.95 bits per heavy atom. The van der Waals surface area contributed by atoms with Crippen LogP contribution in [0.1, 0.15) is 36.8 Å². The fourth-order valence-electron chi connectivity index (χ4n) is 3.22. The van der Waals surface area contributed by atoms with Crippen molar-refractivity contribution in [3.63, 3.8) is 0 Å². The topological polar surface area (TPSA) is 52.6 Å². The van der Waals surface area contributed by atoms with Gasteiger partial charge in [-0.15, -0.1) is 0 Å². The van der Waals surface area contributed by atoms with Crippen LogP contribution >= 0.6 is 0 Å². The molecule has 1 saturated heterocycles. The number of piperidine rings is 1. The van der Waals surface area contributed by atoms with E-state index in [1.54, 1.807) is 4.90 Å². The molecule has 4 heteroatoms. The van der Waals surface area contributed by atoms with Crippen LogP contribution < -0.4 is 5.32 Å². The largest absolute Gasteiger partial charge is 0.379 e. The Bertz CT molecular complexity index is 542. The molecule has 2 fully saturated rings. The average Bonchev–Trinajstić information content (AvgIpc) is 3.28. The fraction of sp³-hybridized carbons (Fsp3) is 0.611. The maximum absolute atomic E-state index is 12.7. The predicted molar refractivity (Wildman–Crippen MR) is 86.4 cm³/mol. The number of aryl methyl sites for hydroxylation is 1. The van der Waals surface area contributed by atoms with Gasteiger partial charge >= 0.3 is 0 Å². The highest BCUT2D eigenvalue weighted by Crippen LogP contribution is 2.28. The van der Waals surface area contributed by atoms with Crippen molar-refractivity contribution in [3.05, 3.63) is 35.4 Å². The van der Waals surface area contributed by atoms with Crippen LogP contribution in [0.2, 0.25) is 0 Å². The number of hydrogen-bond acceptors (Lipinski definition) is 3. The van der Waals surface area contributed by atoms with Crippen LogP contribution in [-0.4, -0.2) is 41.1 Å². The molecule has 120 valence electrons. The van der Waals surface area contributed by atoms with Crippen LogP contribution in [0.5, 0.6) is 0 Å². The van der Waals surface area contributed by atoms with Crippen molar-refractivity contribution in [2.75, 3.05) is 19.6 Å². The van der Waals surface area contributed by atoms with Crippen molar-refractivity contribution in [3.8, 4) is 0 Å². The lowest BCUT2D eigenvalue weighted by molar-refractivity contribution is -0.157. The monoisotopic (exact) mass is 302 g/mol.